The lowest BCUT2D eigenvalue weighted by Crippen LogP contribution is -2.31. The predicted molar refractivity (Wildman–Crippen MR) is 52.4 cm³/mol. The van der Waals surface area contributed by atoms with Crippen LogP contribution in [0, 0.1) is 11.3 Å². The SMILES string of the molecule is CC(O)(C#N)c1nccn1C(C)(C)C. The average molecular weight is 193 g/mol. The fraction of sp³-hybridized carbons (Fsp3) is 0.600. The Balaban J connectivity index is 3.26. The van der Waals surface area contributed by atoms with Crippen LogP contribution in [0.15, 0.2) is 12.4 Å². The first-order valence-electron chi connectivity index (χ1n) is 4.47. The molecule has 0 aromatic carbocycles. The number of nitrogens with zero attached hydrogens (tertiary/aromatic N) is 3. The Hall–Kier alpha value is -1.34. The van der Waals surface area contributed by atoms with Crippen LogP contribution in [0.3, 0.4) is 0 Å². The topological polar surface area (TPSA) is 61.8 Å². The second-order valence-electron chi connectivity index (χ2n) is 4.48. The van der Waals surface area contributed by atoms with Gasteiger partial charge in [0.15, 0.2) is 5.82 Å². The lowest BCUT2D eigenvalue weighted by molar-refractivity contribution is 0.0991. The summed E-state index contributed by atoms with van der Waals surface area (Å²) >= 11 is 0. The maximum atomic E-state index is 9.78. The third-order valence-corrected chi connectivity index (χ3v) is 2.02. The summed E-state index contributed by atoms with van der Waals surface area (Å²) in [4.78, 5) is 4.02. The molecule has 0 aliphatic rings. The number of hydrogen-bond acceptors (Lipinski definition) is 3. The van der Waals surface area contributed by atoms with Gasteiger partial charge in [0, 0.05) is 17.9 Å². The van der Waals surface area contributed by atoms with Gasteiger partial charge in [-0.25, -0.2) is 4.98 Å². The van der Waals surface area contributed by atoms with Crippen molar-refractivity contribution in [2.75, 3.05) is 0 Å². The molecule has 1 aromatic heterocycles. The molecule has 4 nitrogen and oxygen atoms in total. The highest BCUT2D eigenvalue weighted by Gasteiger charge is 2.31. The Kier molecular flexibility index (Phi) is 2.38. The van der Waals surface area contributed by atoms with Crippen molar-refractivity contribution in [2.45, 2.75) is 38.8 Å². The van der Waals surface area contributed by atoms with E-state index in [4.69, 9.17) is 5.26 Å². The van der Waals surface area contributed by atoms with Crippen molar-refractivity contribution in [1.82, 2.24) is 9.55 Å². The predicted octanol–water partition coefficient (Wildman–Crippen LogP) is 1.37. The summed E-state index contributed by atoms with van der Waals surface area (Å²) in [6.45, 7) is 7.42. The highest BCUT2D eigenvalue weighted by molar-refractivity contribution is 5.15. The number of aromatic nitrogens is 2. The van der Waals surface area contributed by atoms with Crippen LogP contribution in [-0.2, 0) is 11.1 Å². The molecule has 1 heterocycles. The van der Waals surface area contributed by atoms with Gasteiger partial charge >= 0.3 is 0 Å². The Morgan fingerprint density at radius 2 is 2.00 bits per heavy atom. The van der Waals surface area contributed by atoms with Crippen LogP contribution in [0.25, 0.3) is 0 Å². The van der Waals surface area contributed by atoms with Gasteiger partial charge in [0.2, 0.25) is 5.60 Å². The van der Waals surface area contributed by atoms with E-state index < -0.39 is 5.60 Å². The molecule has 1 N–H and O–H groups in total. The maximum absolute atomic E-state index is 9.78. The Morgan fingerprint density at radius 1 is 1.43 bits per heavy atom. The molecule has 0 saturated heterocycles. The van der Waals surface area contributed by atoms with Gasteiger partial charge in [-0.15, -0.1) is 0 Å². The smallest absolute Gasteiger partial charge is 0.206 e. The van der Waals surface area contributed by atoms with E-state index in [1.54, 1.807) is 17.0 Å². The summed E-state index contributed by atoms with van der Waals surface area (Å²) in [5.74, 6) is 0.382. The standard InChI is InChI=1S/C10H15N3O/c1-9(2,3)13-6-5-12-8(13)10(4,14)7-11/h5-6,14H,1-4H3. The second-order valence-corrected chi connectivity index (χ2v) is 4.48. The summed E-state index contributed by atoms with van der Waals surface area (Å²) in [5.41, 5.74) is -1.72. The van der Waals surface area contributed by atoms with Crippen LogP contribution in [0.2, 0.25) is 0 Å². The zero-order valence-electron chi connectivity index (χ0n) is 8.94. The molecule has 0 saturated carbocycles. The van der Waals surface area contributed by atoms with E-state index >= 15 is 0 Å². The van der Waals surface area contributed by atoms with Gasteiger partial charge in [-0.3, -0.25) is 0 Å². The molecule has 0 fully saturated rings. The number of hydrogen-bond donors (Lipinski definition) is 1. The molecule has 1 aromatic rings. The van der Waals surface area contributed by atoms with Crippen molar-refractivity contribution >= 4 is 0 Å². The highest BCUT2D eigenvalue weighted by atomic mass is 16.3. The molecule has 0 aliphatic heterocycles. The molecule has 0 spiro atoms. The fourth-order valence-corrected chi connectivity index (χ4v) is 1.25. The van der Waals surface area contributed by atoms with Gasteiger partial charge in [0.05, 0.1) is 0 Å². The number of imidazole rings is 1. The van der Waals surface area contributed by atoms with Crippen LogP contribution in [-0.4, -0.2) is 14.7 Å². The van der Waals surface area contributed by atoms with E-state index in [1.807, 2.05) is 26.8 Å². The minimum atomic E-state index is -1.53. The Labute approximate surface area is 83.8 Å². The van der Waals surface area contributed by atoms with E-state index in [9.17, 15) is 5.11 Å². The molecule has 0 amide bonds. The van der Waals surface area contributed by atoms with E-state index in [1.165, 1.54) is 6.92 Å². The molecular formula is C10H15N3O. The number of rotatable bonds is 1. The number of nitriles is 1. The molecule has 1 unspecified atom stereocenters. The molecule has 0 bridgehead atoms. The second kappa shape index (κ2) is 3.10. The van der Waals surface area contributed by atoms with Crippen molar-refractivity contribution in [3.8, 4) is 6.07 Å². The largest absolute Gasteiger partial charge is 0.369 e. The third kappa shape index (κ3) is 1.78. The van der Waals surface area contributed by atoms with E-state index in [0.29, 0.717) is 5.82 Å². The minimum absolute atomic E-state index is 0.188. The van der Waals surface area contributed by atoms with Gasteiger partial charge in [-0.2, -0.15) is 5.26 Å². The Morgan fingerprint density at radius 3 is 2.43 bits per heavy atom. The lowest BCUT2D eigenvalue weighted by atomic mass is 10.0. The minimum Gasteiger partial charge on any atom is -0.369 e. The Bertz CT molecular complexity index is 365. The maximum Gasteiger partial charge on any atom is 0.206 e. The van der Waals surface area contributed by atoms with Gasteiger partial charge < -0.3 is 9.67 Å². The zero-order chi connectivity index (χ0) is 11.0. The highest BCUT2D eigenvalue weighted by Crippen LogP contribution is 2.23. The summed E-state index contributed by atoms with van der Waals surface area (Å²) in [7, 11) is 0. The monoisotopic (exact) mass is 193 g/mol. The van der Waals surface area contributed by atoms with Crippen LogP contribution < -0.4 is 0 Å². The van der Waals surface area contributed by atoms with Crippen molar-refractivity contribution < 1.29 is 5.11 Å². The van der Waals surface area contributed by atoms with Crippen molar-refractivity contribution in [1.29, 1.82) is 5.26 Å². The quantitative estimate of drug-likeness (QED) is 0.685. The van der Waals surface area contributed by atoms with Crippen LogP contribution in [0.1, 0.15) is 33.5 Å². The summed E-state index contributed by atoms with van der Waals surface area (Å²) in [6.07, 6.45) is 3.35. The molecule has 76 valence electrons. The zero-order valence-corrected chi connectivity index (χ0v) is 8.94. The van der Waals surface area contributed by atoms with Crippen molar-refractivity contribution in [3.05, 3.63) is 18.2 Å². The van der Waals surface area contributed by atoms with E-state index in [-0.39, 0.29) is 5.54 Å². The summed E-state index contributed by atoms with van der Waals surface area (Å²) in [5, 5.41) is 18.6. The molecule has 1 atom stereocenters. The van der Waals surface area contributed by atoms with Crippen LogP contribution in [0.4, 0.5) is 0 Å². The summed E-state index contributed by atoms with van der Waals surface area (Å²) in [6, 6.07) is 1.83. The third-order valence-electron chi connectivity index (χ3n) is 2.02. The van der Waals surface area contributed by atoms with Crippen molar-refractivity contribution in [2.24, 2.45) is 0 Å². The van der Waals surface area contributed by atoms with Gasteiger partial charge in [0.25, 0.3) is 0 Å². The first kappa shape index (κ1) is 10.7. The van der Waals surface area contributed by atoms with Gasteiger partial charge in [-0.05, 0) is 27.7 Å². The van der Waals surface area contributed by atoms with E-state index in [0.717, 1.165) is 0 Å². The molecule has 0 aliphatic carbocycles. The van der Waals surface area contributed by atoms with E-state index in [2.05, 4.69) is 4.98 Å². The van der Waals surface area contributed by atoms with Gasteiger partial charge in [0.1, 0.15) is 6.07 Å². The van der Waals surface area contributed by atoms with Crippen molar-refractivity contribution in [3.63, 3.8) is 0 Å². The lowest BCUT2D eigenvalue weighted by Gasteiger charge is -2.26. The molecule has 14 heavy (non-hydrogen) atoms. The molecule has 4 heteroatoms. The molecule has 0 radical (unpaired) electrons. The van der Waals surface area contributed by atoms with Gasteiger partial charge in [-0.1, -0.05) is 0 Å². The first-order chi connectivity index (χ1) is 6.29. The van der Waals surface area contributed by atoms with Crippen LogP contribution >= 0.6 is 0 Å². The fourth-order valence-electron chi connectivity index (χ4n) is 1.25. The number of aliphatic hydroxyl groups is 1. The molecular weight excluding hydrogens is 178 g/mol. The van der Waals surface area contributed by atoms with Crippen LogP contribution in [0.5, 0.6) is 0 Å². The average Bonchev–Trinajstić information content (AvgIpc) is 2.51. The first-order valence-corrected chi connectivity index (χ1v) is 4.47. The normalized spacial score (nSPS) is 16.0. The molecule has 1 rings (SSSR count). The summed E-state index contributed by atoms with van der Waals surface area (Å²) < 4.78 is 1.80.